The molecule has 1 heterocycles. The first-order valence-electron chi connectivity index (χ1n) is 6.11. The van der Waals surface area contributed by atoms with Gasteiger partial charge in [-0.3, -0.25) is 5.43 Å². The van der Waals surface area contributed by atoms with Gasteiger partial charge in [-0.1, -0.05) is 63.0 Å². The Morgan fingerprint density at radius 1 is 1.18 bits per heavy atom. The number of thiocarbonyl (C=S) groups is 1. The summed E-state index contributed by atoms with van der Waals surface area (Å²) in [4.78, 5) is 0. The first-order valence-corrected chi connectivity index (χ1v) is 7.50. The Labute approximate surface area is 113 Å². The highest BCUT2D eigenvalue weighted by atomic mass is 32.2. The van der Waals surface area contributed by atoms with Crippen LogP contribution in [0.1, 0.15) is 45.4 Å². The molecule has 4 nitrogen and oxygen atoms in total. The van der Waals surface area contributed by atoms with Crippen molar-refractivity contribution in [1.82, 2.24) is 14.9 Å². The van der Waals surface area contributed by atoms with Gasteiger partial charge in [0.25, 0.3) is 0 Å². The normalized spacial score (nSPS) is 10.4. The quantitative estimate of drug-likeness (QED) is 0.581. The SMILES string of the molecule is CCCCCCCCSC(=S)Nn1cnnc1. The van der Waals surface area contributed by atoms with Crippen molar-refractivity contribution in [3.8, 4) is 0 Å². The van der Waals surface area contributed by atoms with Crippen molar-refractivity contribution in [2.24, 2.45) is 0 Å². The molecule has 17 heavy (non-hydrogen) atoms. The Bertz CT molecular complexity index is 300. The number of unbranched alkanes of at least 4 members (excludes halogenated alkanes) is 5. The lowest BCUT2D eigenvalue weighted by atomic mass is 10.1. The molecule has 1 aromatic rings. The van der Waals surface area contributed by atoms with E-state index in [2.05, 4.69) is 22.5 Å². The molecule has 0 aliphatic rings. The number of hydrogen-bond donors (Lipinski definition) is 1. The molecule has 0 saturated heterocycles. The Kier molecular flexibility index (Phi) is 8.00. The van der Waals surface area contributed by atoms with E-state index in [0.29, 0.717) is 0 Å². The van der Waals surface area contributed by atoms with Crippen LogP contribution < -0.4 is 5.43 Å². The minimum Gasteiger partial charge on any atom is -0.276 e. The van der Waals surface area contributed by atoms with Crippen LogP contribution in [-0.4, -0.2) is 24.9 Å². The summed E-state index contributed by atoms with van der Waals surface area (Å²) in [5.74, 6) is 1.08. The third-order valence-electron chi connectivity index (χ3n) is 2.37. The van der Waals surface area contributed by atoms with Crippen LogP contribution in [0.15, 0.2) is 12.7 Å². The molecule has 0 radical (unpaired) electrons. The predicted molar refractivity (Wildman–Crippen MR) is 77.8 cm³/mol. The molecular weight excluding hydrogens is 252 g/mol. The Balaban J connectivity index is 1.94. The van der Waals surface area contributed by atoms with E-state index in [9.17, 15) is 0 Å². The van der Waals surface area contributed by atoms with Gasteiger partial charge >= 0.3 is 0 Å². The summed E-state index contributed by atoms with van der Waals surface area (Å²) in [5.41, 5.74) is 3.02. The first-order chi connectivity index (χ1) is 8.33. The molecule has 0 fully saturated rings. The number of rotatable bonds is 8. The third-order valence-corrected chi connectivity index (χ3v) is 3.66. The van der Waals surface area contributed by atoms with Gasteiger partial charge < -0.3 is 0 Å². The van der Waals surface area contributed by atoms with Crippen LogP contribution in [0.2, 0.25) is 0 Å². The summed E-state index contributed by atoms with van der Waals surface area (Å²) < 4.78 is 2.44. The van der Waals surface area contributed by atoms with Crippen LogP contribution in [0.25, 0.3) is 0 Å². The van der Waals surface area contributed by atoms with E-state index >= 15 is 0 Å². The molecule has 0 bridgehead atoms. The molecule has 0 spiro atoms. The monoisotopic (exact) mass is 272 g/mol. The maximum absolute atomic E-state index is 5.20. The molecule has 6 heteroatoms. The van der Waals surface area contributed by atoms with E-state index < -0.39 is 0 Å². The van der Waals surface area contributed by atoms with Gasteiger partial charge in [0.05, 0.1) is 0 Å². The Morgan fingerprint density at radius 3 is 2.53 bits per heavy atom. The average molecular weight is 272 g/mol. The maximum Gasteiger partial charge on any atom is 0.152 e. The molecule has 0 unspecified atom stereocenters. The summed E-state index contributed by atoms with van der Waals surface area (Å²) in [6, 6.07) is 0. The van der Waals surface area contributed by atoms with Crippen LogP contribution in [0.3, 0.4) is 0 Å². The van der Waals surface area contributed by atoms with Crippen molar-refractivity contribution in [2.45, 2.75) is 45.4 Å². The van der Waals surface area contributed by atoms with Crippen LogP contribution in [0.4, 0.5) is 0 Å². The first kappa shape index (κ1) is 14.4. The average Bonchev–Trinajstić information content (AvgIpc) is 2.80. The molecule has 0 amide bonds. The second kappa shape index (κ2) is 9.41. The summed E-state index contributed by atoms with van der Waals surface area (Å²) in [6.45, 7) is 2.24. The minimum atomic E-state index is 0.776. The fourth-order valence-corrected chi connectivity index (χ4v) is 2.50. The lowest BCUT2D eigenvalue weighted by molar-refractivity contribution is 0.627. The number of aromatic nitrogens is 3. The zero-order valence-corrected chi connectivity index (χ0v) is 11.9. The molecule has 0 atom stereocenters. The highest BCUT2D eigenvalue weighted by molar-refractivity contribution is 8.23. The van der Waals surface area contributed by atoms with Gasteiger partial charge in [-0.15, -0.1) is 10.2 Å². The summed E-state index contributed by atoms with van der Waals surface area (Å²) in [6.07, 6.45) is 11.1. The summed E-state index contributed by atoms with van der Waals surface area (Å²) in [5, 5.41) is 7.39. The van der Waals surface area contributed by atoms with Gasteiger partial charge in [0.15, 0.2) is 4.32 Å². The molecule has 0 saturated carbocycles. The second-order valence-electron chi connectivity index (χ2n) is 3.88. The van der Waals surface area contributed by atoms with E-state index in [4.69, 9.17) is 12.2 Å². The molecular formula is C11H20N4S2. The minimum absolute atomic E-state index is 0.776. The summed E-state index contributed by atoms with van der Waals surface area (Å²) >= 11 is 6.88. The van der Waals surface area contributed by atoms with E-state index in [0.717, 1.165) is 10.1 Å². The predicted octanol–water partition coefficient (Wildman–Crippen LogP) is 3.20. The van der Waals surface area contributed by atoms with Gasteiger partial charge in [-0.2, -0.15) is 0 Å². The van der Waals surface area contributed by atoms with Crippen molar-refractivity contribution in [3.05, 3.63) is 12.7 Å². The Hall–Kier alpha value is -0.620. The van der Waals surface area contributed by atoms with Gasteiger partial charge in [0.2, 0.25) is 0 Å². The van der Waals surface area contributed by atoms with Gasteiger partial charge in [-0.25, -0.2) is 4.68 Å². The zero-order chi connectivity index (χ0) is 12.3. The fraction of sp³-hybridized carbons (Fsp3) is 0.727. The number of thioether (sulfide) groups is 1. The van der Waals surface area contributed by atoms with Crippen LogP contribution in [0, 0.1) is 0 Å². The largest absolute Gasteiger partial charge is 0.276 e. The number of nitrogens with zero attached hydrogens (tertiary/aromatic N) is 3. The van der Waals surface area contributed by atoms with Gasteiger partial charge in [-0.05, 0) is 6.42 Å². The molecule has 96 valence electrons. The number of nitrogens with one attached hydrogen (secondary N) is 1. The van der Waals surface area contributed by atoms with E-state index in [-0.39, 0.29) is 0 Å². The van der Waals surface area contributed by atoms with Crippen molar-refractivity contribution in [3.63, 3.8) is 0 Å². The van der Waals surface area contributed by atoms with Crippen LogP contribution >= 0.6 is 24.0 Å². The van der Waals surface area contributed by atoms with Crippen molar-refractivity contribution in [2.75, 3.05) is 11.2 Å². The van der Waals surface area contributed by atoms with Crippen LogP contribution in [-0.2, 0) is 0 Å². The molecule has 1 rings (SSSR count). The molecule has 1 aromatic heterocycles. The highest BCUT2D eigenvalue weighted by Crippen LogP contribution is 2.10. The van der Waals surface area contributed by atoms with Crippen molar-refractivity contribution in [1.29, 1.82) is 0 Å². The third kappa shape index (κ3) is 7.33. The maximum atomic E-state index is 5.20. The van der Waals surface area contributed by atoms with Crippen molar-refractivity contribution < 1.29 is 0 Å². The van der Waals surface area contributed by atoms with E-state index in [1.54, 1.807) is 29.1 Å². The second-order valence-corrected chi connectivity index (χ2v) is 5.66. The molecule has 1 N–H and O–H groups in total. The fourth-order valence-electron chi connectivity index (χ4n) is 1.44. The molecule has 0 aliphatic carbocycles. The van der Waals surface area contributed by atoms with Gasteiger partial charge in [0, 0.05) is 5.75 Å². The van der Waals surface area contributed by atoms with Gasteiger partial charge in [0.1, 0.15) is 12.7 Å². The summed E-state index contributed by atoms with van der Waals surface area (Å²) in [7, 11) is 0. The van der Waals surface area contributed by atoms with E-state index in [1.165, 1.54) is 38.5 Å². The standard InChI is InChI=1S/C11H20N4S2/c1-2-3-4-5-6-7-8-17-11(16)14-15-9-12-13-10-15/h9-10H,2-8H2,1H3,(H,14,16). The topological polar surface area (TPSA) is 42.7 Å². The lowest BCUT2D eigenvalue weighted by Crippen LogP contribution is -2.16. The molecule has 0 aliphatic heterocycles. The highest BCUT2D eigenvalue weighted by Gasteiger charge is 1.98. The zero-order valence-electron chi connectivity index (χ0n) is 10.3. The smallest absolute Gasteiger partial charge is 0.152 e. The van der Waals surface area contributed by atoms with Crippen molar-refractivity contribution >= 4 is 28.3 Å². The number of hydrogen-bond acceptors (Lipinski definition) is 4. The molecule has 0 aromatic carbocycles. The Morgan fingerprint density at radius 2 is 1.82 bits per heavy atom. The van der Waals surface area contributed by atoms with Crippen LogP contribution in [0.5, 0.6) is 0 Å². The van der Waals surface area contributed by atoms with E-state index in [1.807, 2.05) is 0 Å². The lowest BCUT2D eigenvalue weighted by Gasteiger charge is -2.06.